The molecular formula is C66H103N17O16S. The number of nitrogens with two attached hydrogens (primary N) is 3. The summed E-state index contributed by atoms with van der Waals surface area (Å²) in [6.45, 7) is 14.4. The van der Waals surface area contributed by atoms with E-state index in [2.05, 4.69) is 73.4 Å². The van der Waals surface area contributed by atoms with Gasteiger partial charge in [0, 0.05) is 43.5 Å². The lowest BCUT2D eigenvalue weighted by Gasteiger charge is -2.29. The van der Waals surface area contributed by atoms with E-state index in [1.807, 2.05) is 27.7 Å². The molecule has 0 aliphatic carbocycles. The predicted molar refractivity (Wildman–Crippen MR) is 369 cm³/mol. The minimum absolute atomic E-state index is 0.00117. The number of H-pyrrole nitrogens is 1. The molecule has 20 N–H and O–H groups in total. The van der Waals surface area contributed by atoms with E-state index in [0.29, 0.717) is 34.9 Å². The van der Waals surface area contributed by atoms with E-state index in [1.165, 1.54) is 24.3 Å². The van der Waals surface area contributed by atoms with Crippen molar-refractivity contribution in [3.8, 4) is 0 Å². The van der Waals surface area contributed by atoms with E-state index in [9.17, 15) is 77.3 Å². The van der Waals surface area contributed by atoms with Crippen LogP contribution in [0.5, 0.6) is 0 Å². The second-order valence-corrected chi connectivity index (χ2v) is 27.0. The standard InChI is InChI=1S/C66H103N17O16S/c1-9-35(6)52(69)66-81-48(32-100-66)63(97)76-43(26-34(4)5)58(92)75-42(22-23-50(85)86)57(91)82-53(36(7)10-2)64(98)71-25-16-15-20-40-55(89)73-41(21-17-24-67)56(90)83-54(37(8)11-3)65(99)80-44(27-38-18-13-12-14-19-38)59(93)77-45(28-39-31-70-33-72-39)60(94)79-47(30-51(87)88)62(96)78-46(29-49(68)84)61(95)74-40/h12-14,18-19,31,33-37,40-48,52-54H,9-11,15-17,20-30,32,67,69H2,1-8H3,(H2,68,84)(H,70,72)(H,71,98)(H,73,89)(H,74,95)(H,75,92)(H,76,97)(H,77,93)(H,78,96)(H,79,94)(H,80,99)(H,82,91)(H,83,90)(H,85,86)(H,87,88)/t35?,36-,37-,40-,41+,42+,43-,44+,45-,46-,47+,48?,52?,53-,54-/m0/s1. The molecule has 0 spiro atoms. The number of hydrogen-bond acceptors (Lipinski definition) is 19. The number of amides is 12. The Kier molecular flexibility index (Phi) is 35.1. The number of primary amides is 1. The van der Waals surface area contributed by atoms with Gasteiger partial charge in [-0.15, -0.1) is 11.8 Å². The maximum Gasteiger partial charge on any atom is 0.305 e. The summed E-state index contributed by atoms with van der Waals surface area (Å²) in [5.41, 5.74) is 18.7. The summed E-state index contributed by atoms with van der Waals surface area (Å²) in [4.78, 5) is 206. The summed E-state index contributed by atoms with van der Waals surface area (Å²) < 4.78 is 0. The van der Waals surface area contributed by atoms with Crippen LogP contribution in [0.4, 0.5) is 0 Å². The fourth-order valence-corrected chi connectivity index (χ4v) is 12.0. The van der Waals surface area contributed by atoms with Gasteiger partial charge in [0.1, 0.15) is 66.5 Å². The Bertz CT molecular complexity index is 3160. The number of aliphatic imine (C=N–C) groups is 1. The number of aromatic amines is 1. The second kappa shape index (κ2) is 42.1. The number of aliphatic carboxylic acids is 2. The number of nitrogens with one attached hydrogen (secondary N) is 12. The second-order valence-electron chi connectivity index (χ2n) is 26.0. The minimum atomic E-state index is -2.00. The lowest BCUT2D eigenvalue weighted by Crippen LogP contribution is -2.61. The van der Waals surface area contributed by atoms with Crippen molar-refractivity contribution in [3.05, 3.63) is 54.1 Å². The molecule has 2 aromatic rings. The third-order valence-electron chi connectivity index (χ3n) is 17.5. The fourth-order valence-electron chi connectivity index (χ4n) is 10.9. The van der Waals surface area contributed by atoms with Gasteiger partial charge < -0.3 is 90.9 Å². The number of carboxylic acids is 2. The van der Waals surface area contributed by atoms with E-state index in [0.717, 1.165) is 6.42 Å². The van der Waals surface area contributed by atoms with Crippen LogP contribution in [0, 0.1) is 23.7 Å². The van der Waals surface area contributed by atoms with Gasteiger partial charge in [0.25, 0.3) is 0 Å². The third kappa shape index (κ3) is 27.6. The SMILES string of the molecule is CCC(C)C(N)C1=NC(C(=O)N[C@@H](CC(C)C)C(=O)N[C@H](CCC(=O)O)C(=O)N[C@H](C(=O)NCCCC[C@@H]2NC(=O)[C@H](CC(N)=O)NC(=O)[C@@H](CC(=O)O)NC(=O)[C@H](Cc3cnc[nH]3)NC(=O)[C@@H](Cc3ccccc3)NC(=O)[C@H]([C@@H](C)CC)NC(=O)[C@@H](CCCN)NC2=O)[C@@H](C)CC)CS1. The van der Waals surface area contributed by atoms with Crippen molar-refractivity contribution in [3.63, 3.8) is 0 Å². The summed E-state index contributed by atoms with van der Waals surface area (Å²) in [6, 6.07) is -8.06. The molecular weight excluding hydrogens is 1320 g/mol. The molecule has 34 heteroatoms. The maximum atomic E-state index is 14.7. The highest BCUT2D eigenvalue weighted by molar-refractivity contribution is 8.14. The van der Waals surface area contributed by atoms with Gasteiger partial charge in [-0.2, -0.15) is 0 Å². The first-order valence-electron chi connectivity index (χ1n) is 34.1. The molecule has 2 aliphatic heterocycles. The number of hydrogen-bond donors (Lipinski definition) is 17. The summed E-state index contributed by atoms with van der Waals surface area (Å²) in [5.74, 6) is -15.1. The molecule has 12 amide bonds. The smallest absolute Gasteiger partial charge is 0.305 e. The molecule has 15 atom stereocenters. The molecule has 100 heavy (non-hydrogen) atoms. The highest BCUT2D eigenvalue weighted by atomic mass is 32.2. The summed E-state index contributed by atoms with van der Waals surface area (Å²) in [5, 5.41) is 48.9. The first-order chi connectivity index (χ1) is 47.4. The highest BCUT2D eigenvalue weighted by Crippen LogP contribution is 2.25. The predicted octanol–water partition coefficient (Wildman–Crippen LogP) is -1.68. The Hall–Kier alpha value is -9.05. The monoisotopic (exact) mass is 1420 g/mol. The molecule has 0 bridgehead atoms. The number of rotatable bonds is 35. The Morgan fingerprint density at radius 1 is 0.620 bits per heavy atom. The van der Waals surface area contributed by atoms with Crippen molar-refractivity contribution in [2.24, 2.45) is 45.9 Å². The molecule has 1 aromatic carbocycles. The van der Waals surface area contributed by atoms with Crippen LogP contribution in [-0.4, -0.2) is 199 Å². The van der Waals surface area contributed by atoms with Gasteiger partial charge in [-0.05, 0) is 80.7 Å². The average molecular weight is 1420 g/mol. The number of unbranched alkanes of at least 4 members (excludes halogenated alkanes) is 1. The molecule has 3 heterocycles. The van der Waals surface area contributed by atoms with Gasteiger partial charge in [-0.1, -0.05) is 105 Å². The van der Waals surface area contributed by atoms with Crippen molar-refractivity contribution in [1.82, 2.24) is 68.5 Å². The Labute approximate surface area is 586 Å². The van der Waals surface area contributed by atoms with Crippen LogP contribution in [0.1, 0.15) is 150 Å². The van der Waals surface area contributed by atoms with Crippen LogP contribution in [0.15, 0.2) is 47.8 Å². The van der Waals surface area contributed by atoms with Gasteiger partial charge in [0.05, 0.1) is 30.3 Å². The van der Waals surface area contributed by atoms with Crippen LogP contribution >= 0.6 is 11.8 Å². The van der Waals surface area contributed by atoms with Crippen molar-refractivity contribution < 1.29 is 77.3 Å². The maximum absolute atomic E-state index is 14.7. The number of carbonyl (C=O) groups is 14. The molecule has 1 saturated heterocycles. The highest BCUT2D eigenvalue weighted by Gasteiger charge is 2.40. The van der Waals surface area contributed by atoms with Gasteiger partial charge in [0.15, 0.2) is 0 Å². The number of carboxylic acid groups (broad SMARTS) is 2. The number of thioether (sulfide) groups is 1. The zero-order chi connectivity index (χ0) is 74.3. The topological polar surface area (TPSA) is 531 Å². The van der Waals surface area contributed by atoms with Crippen LogP contribution in [0.25, 0.3) is 0 Å². The molecule has 554 valence electrons. The van der Waals surface area contributed by atoms with Gasteiger partial charge in [-0.25, -0.2) is 4.98 Å². The van der Waals surface area contributed by atoms with Crippen molar-refractivity contribution in [2.75, 3.05) is 18.8 Å². The molecule has 33 nitrogen and oxygen atoms in total. The number of carbonyl (C=O) groups excluding carboxylic acids is 12. The number of aromatic nitrogens is 2. The lowest BCUT2D eigenvalue weighted by atomic mass is 9.96. The van der Waals surface area contributed by atoms with Gasteiger partial charge >= 0.3 is 11.9 Å². The largest absolute Gasteiger partial charge is 0.481 e. The number of benzene rings is 1. The molecule has 1 aromatic heterocycles. The molecule has 3 unspecified atom stereocenters. The number of nitrogens with zero attached hydrogens (tertiary/aromatic N) is 2. The van der Waals surface area contributed by atoms with Crippen molar-refractivity contribution in [2.45, 2.75) is 224 Å². The molecule has 1 fully saturated rings. The van der Waals surface area contributed by atoms with Crippen LogP contribution in [0.3, 0.4) is 0 Å². The Morgan fingerprint density at radius 3 is 1.73 bits per heavy atom. The number of imidazole rings is 1. The summed E-state index contributed by atoms with van der Waals surface area (Å²) in [6.07, 6.45) is 0.573. The average Bonchev–Trinajstić information content (AvgIpc) is 1.49. The van der Waals surface area contributed by atoms with E-state index in [1.54, 1.807) is 58.0 Å². The first-order valence-corrected chi connectivity index (χ1v) is 35.1. The third-order valence-corrected chi connectivity index (χ3v) is 18.6. The molecule has 4 rings (SSSR count). The molecule has 2 aliphatic rings. The zero-order valence-corrected chi connectivity index (χ0v) is 59.0. The van der Waals surface area contributed by atoms with Gasteiger partial charge in [-0.3, -0.25) is 72.1 Å². The van der Waals surface area contributed by atoms with E-state index in [4.69, 9.17) is 17.2 Å². The summed E-state index contributed by atoms with van der Waals surface area (Å²) >= 11 is 1.36. The Morgan fingerprint density at radius 2 is 1.17 bits per heavy atom. The minimum Gasteiger partial charge on any atom is -0.481 e. The lowest BCUT2D eigenvalue weighted by molar-refractivity contribution is -0.142. The quantitative estimate of drug-likeness (QED) is 0.0343. The summed E-state index contributed by atoms with van der Waals surface area (Å²) in [7, 11) is 0. The van der Waals surface area contributed by atoms with Crippen LogP contribution in [0.2, 0.25) is 0 Å². The Balaban J connectivity index is 1.66. The van der Waals surface area contributed by atoms with Crippen LogP contribution < -0.4 is 75.7 Å². The van der Waals surface area contributed by atoms with Crippen molar-refractivity contribution >= 4 is 99.6 Å². The first kappa shape index (κ1) is 83.4. The van der Waals surface area contributed by atoms with Gasteiger partial charge in [0.2, 0.25) is 70.9 Å². The van der Waals surface area contributed by atoms with E-state index < -0.39 is 187 Å². The fraction of sp³-hybridized carbons (Fsp3) is 0.636. The van der Waals surface area contributed by atoms with E-state index in [-0.39, 0.29) is 82.3 Å². The zero-order valence-electron chi connectivity index (χ0n) is 58.2. The van der Waals surface area contributed by atoms with Crippen LogP contribution in [-0.2, 0) is 80.0 Å². The van der Waals surface area contributed by atoms with Crippen molar-refractivity contribution in [1.29, 1.82) is 0 Å². The molecule has 0 radical (unpaired) electrons. The van der Waals surface area contributed by atoms with E-state index >= 15 is 0 Å². The normalized spacial score (nSPS) is 22.7. The molecule has 0 saturated carbocycles.